The number of thioether (sulfide) groups is 1. The molecule has 2 amide bonds. The summed E-state index contributed by atoms with van der Waals surface area (Å²) in [5, 5.41) is 14.4. The smallest absolute Gasteiger partial charge is 0.352 e. The van der Waals surface area contributed by atoms with E-state index >= 15 is 0 Å². The molecule has 3 heterocycles. The van der Waals surface area contributed by atoms with Gasteiger partial charge < -0.3 is 21.0 Å². The Morgan fingerprint density at radius 1 is 1.58 bits per heavy atom. The third kappa shape index (κ3) is 3.20. The summed E-state index contributed by atoms with van der Waals surface area (Å²) in [6, 6.07) is -0.970. The highest BCUT2D eigenvalue weighted by molar-refractivity contribution is 8.00. The molecule has 0 aromatic carbocycles. The second kappa shape index (κ2) is 7.25. The third-order valence-electron chi connectivity index (χ3n) is 3.43. The normalized spacial score (nSPS) is 22.2. The lowest BCUT2D eigenvalue weighted by molar-refractivity contribution is -0.150. The first-order chi connectivity index (χ1) is 12.4. The van der Waals surface area contributed by atoms with Crippen molar-refractivity contribution in [1.82, 2.24) is 19.6 Å². The fourth-order valence-electron chi connectivity index (χ4n) is 2.35. The van der Waals surface area contributed by atoms with Crippen LogP contribution in [0.4, 0.5) is 9.52 Å². The molecule has 138 valence electrons. The number of hydrogen-bond acceptors (Lipinski definition) is 10. The van der Waals surface area contributed by atoms with Crippen molar-refractivity contribution in [2.45, 2.75) is 11.4 Å². The van der Waals surface area contributed by atoms with Crippen LogP contribution in [0.1, 0.15) is 5.82 Å². The Hall–Kier alpha value is -2.74. The lowest BCUT2D eigenvalue weighted by atomic mass is 10.0. The summed E-state index contributed by atoms with van der Waals surface area (Å²) in [5.74, 6) is -2.49. The van der Waals surface area contributed by atoms with Gasteiger partial charge in [0.05, 0.1) is 0 Å². The van der Waals surface area contributed by atoms with Crippen molar-refractivity contribution in [2.24, 2.45) is 5.16 Å². The molecule has 0 unspecified atom stereocenters. The molecule has 0 bridgehead atoms. The van der Waals surface area contributed by atoms with Crippen LogP contribution in [0.15, 0.2) is 16.9 Å². The second-order valence-corrected chi connectivity index (χ2v) is 6.85. The van der Waals surface area contributed by atoms with Crippen molar-refractivity contribution in [2.75, 3.05) is 18.3 Å². The number of carbonyl (C=O) groups is 3. The van der Waals surface area contributed by atoms with E-state index in [1.165, 1.54) is 17.8 Å². The van der Waals surface area contributed by atoms with Gasteiger partial charge in [-0.05, 0) is 6.08 Å². The lowest BCUT2D eigenvalue weighted by Crippen LogP contribution is -2.70. The zero-order valence-corrected chi connectivity index (χ0v) is 14.4. The van der Waals surface area contributed by atoms with Gasteiger partial charge in [0.1, 0.15) is 17.1 Å². The zero-order chi connectivity index (χ0) is 18.8. The summed E-state index contributed by atoms with van der Waals surface area (Å²) < 4.78 is 16.0. The number of alkyl halides is 1. The number of aliphatic carboxylic acids is 1. The zero-order valence-electron chi connectivity index (χ0n) is 12.8. The molecule has 26 heavy (non-hydrogen) atoms. The van der Waals surface area contributed by atoms with Crippen molar-refractivity contribution in [1.29, 1.82) is 0 Å². The number of carboxylic acids is 1. The molecule has 0 saturated carbocycles. The summed E-state index contributed by atoms with van der Waals surface area (Å²) in [5.41, 5.74) is 4.88. The van der Waals surface area contributed by atoms with E-state index in [-0.39, 0.29) is 16.7 Å². The quantitative estimate of drug-likeness (QED) is 0.312. The van der Waals surface area contributed by atoms with E-state index in [1.807, 2.05) is 0 Å². The van der Waals surface area contributed by atoms with Crippen LogP contribution < -0.4 is 11.1 Å². The molecular formula is C12H11FN6O5S2. The highest BCUT2D eigenvalue weighted by atomic mass is 32.2. The number of carbonyl (C=O) groups excluding carboxylic acids is 2. The largest absolute Gasteiger partial charge is 0.477 e. The number of hydrogen-bond donors (Lipinski definition) is 3. The molecule has 14 heteroatoms. The standard InChI is InChI=1S/C12H11FN6O5S2/c13-3-24-17-5(7-16-12(14)26-18-7)8(20)15-6-9(21)19-4(11(22)23)1-2-25-10(6)19/h1,6,10H,2-3H2,(H,15,20)(H,22,23)(H2,14,16,18)/b17-5-/t6-,10+/m1/s1. The number of β-lactam (4-membered cyclic amide) rings is 1. The van der Waals surface area contributed by atoms with E-state index in [1.54, 1.807) is 0 Å². The summed E-state index contributed by atoms with van der Waals surface area (Å²) >= 11 is 2.09. The number of nitrogen functional groups attached to an aromatic ring is 1. The number of nitrogens with zero attached hydrogens (tertiary/aromatic N) is 4. The number of halogens is 1. The number of anilines is 1. The lowest BCUT2D eigenvalue weighted by Gasteiger charge is -2.48. The van der Waals surface area contributed by atoms with Crippen LogP contribution in [0.2, 0.25) is 0 Å². The number of aromatic nitrogens is 2. The highest BCUT2D eigenvalue weighted by Crippen LogP contribution is 2.37. The van der Waals surface area contributed by atoms with Crippen molar-refractivity contribution in [3.8, 4) is 0 Å². The summed E-state index contributed by atoms with van der Waals surface area (Å²) in [6.07, 6.45) is 1.42. The van der Waals surface area contributed by atoms with Gasteiger partial charge in [-0.2, -0.15) is 9.36 Å². The average molecular weight is 402 g/mol. The molecule has 2 aliphatic heterocycles. The Kier molecular flexibility index (Phi) is 5.03. The average Bonchev–Trinajstić information content (AvgIpc) is 3.05. The summed E-state index contributed by atoms with van der Waals surface area (Å²) in [7, 11) is 0. The minimum absolute atomic E-state index is 0.0608. The van der Waals surface area contributed by atoms with Gasteiger partial charge in [0, 0.05) is 17.3 Å². The van der Waals surface area contributed by atoms with Gasteiger partial charge in [0.2, 0.25) is 11.5 Å². The van der Waals surface area contributed by atoms with Crippen LogP contribution in [0.25, 0.3) is 0 Å². The third-order valence-corrected chi connectivity index (χ3v) is 5.15. The van der Waals surface area contributed by atoms with Gasteiger partial charge in [0.25, 0.3) is 18.7 Å². The maximum atomic E-state index is 12.4. The molecular weight excluding hydrogens is 391 g/mol. The van der Waals surface area contributed by atoms with E-state index in [4.69, 9.17) is 10.8 Å². The summed E-state index contributed by atoms with van der Waals surface area (Å²) in [4.78, 5) is 45.0. The van der Waals surface area contributed by atoms with Gasteiger partial charge in [-0.3, -0.25) is 14.5 Å². The SMILES string of the molecule is Nc1nc(/C(=N/OCF)C(=O)N[C@@H]2C(=O)N3C(C(=O)O)=CCS[C@@H]23)ns1. The fraction of sp³-hybridized carbons (Fsp3) is 0.333. The molecule has 2 aliphatic rings. The molecule has 0 spiro atoms. The second-order valence-electron chi connectivity index (χ2n) is 4.91. The Balaban J connectivity index is 1.76. The van der Waals surface area contributed by atoms with E-state index in [9.17, 15) is 18.8 Å². The van der Waals surface area contributed by atoms with Gasteiger partial charge in [0.15, 0.2) is 5.13 Å². The molecule has 1 saturated heterocycles. The highest BCUT2D eigenvalue weighted by Gasteiger charge is 2.53. The first-order valence-electron chi connectivity index (χ1n) is 6.98. The Morgan fingerprint density at radius 2 is 2.35 bits per heavy atom. The minimum atomic E-state index is -1.28. The van der Waals surface area contributed by atoms with Crippen molar-refractivity contribution < 1.29 is 28.7 Å². The van der Waals surface area contributed by atoms with Crippen molar-refractivity contribution in [3.63, 3.8) is 0 Å². The van der Waals surface area contributed by atoms with E-state index in [2.05, 4.69) is 24.7 Å². The van der Waals surface area contributed by atoms with Crippen LogP contribution in [0.5, 0.6) is 0 Å². The Bertz CT molecular complexity index is 827. The van der Waals surface area contributed by atoms with Crippen LogP contribution in [0.3, 0.4) is 0 Å². The fourth-order valence-corrected chi connectivity index (χ4v) is 3.98. The Labute approximate surface area is 153 Å². The molecule has 2 atom stereocenters. The summed E-state index contributed by atoms with van der Waals surface area (Å²) in [6.45, 7) is -1.28. The van der Waals surface area contributed by atoms with E-state index in [0.717, 1.165) is 16.4 Å². The van der Waals surface area contributed by atoms with Crippen molar-refractivity contribution in [3.05, 3.63) is 17.6 Å². The van der Waals surface area contributed by atoms with Gasteiger partial charge in [-0.1, -0.05) is 5.16 Å². The first-order valence-corrected chi connectivity index (χ1v) is 8.80. The molecule has 4 N–H and O–H groups in total. The number of nitrogens with one attached hydrogen (secondary N) is 1. The molecule has 0 aliphatic carbocycles. The minimum Gasteiger partial charge on any atom is -0.477 e. The molecule has 0 radical (unpaired) electrons. The van der Waals surface area contributed by atoms with Gasteiger partial charge in [-0.25, -0.2) is 9.18 Å². The molecule has 11 nitrogen and oxygen atoms in total. The first kappa shape index (κ1) is 18.1. The van der Waals surface area contributed by atoms with Gasteiger partial charge >= 0.3 is 5.97 Å². The number of rotatable bonds is 6. The maximum Gasteiger partial charge on any atom is 0.352 e. The number of oxime groups is 1. The number of amides is 2. The Morgan fingerprint density at radius 3 is 2.96 bits per heavy atom. The topological polar surface area (TPSA) is 160 Å². The van der Waals surface area contributed by atoms with Crippen molar-refractivity contribution >= 4 is 51.9 Å². The predicted octanol–water partition coefficient (Wildman–Crippen LogP) is -0.864. The number of nitrogens with two attached hydrogens (primary N) is 1. The number of carboxylic acid groups (broad SMARTS) is 1. The monoisotopic (exact) mass is 402 g/mol. The molecule has 1 aromatic heterocycles. The molecule has 1 fully saturated rings. The van der Waals surface area contributed by atoms with E-state index in [0.29, 0.717) is 5.75 Å². The van der Waals surface area contributed by atoms with Crippen LogP contribution in [-0.4, -0.2) is 66.9 Å². The van der Waals surface area contributed by atoms with Crippen LogP contribution >= 0.6 is 23.3 Å². The molecule has 3 rings (SSSR count). The number of fused-ring (bicyclic) bond motifs is 1. The maximum absolute atomic E-state index is 12.4. The van der Waals surface area contributed by atoms with Crippen LogP contribution in [-0.2, 0) is 19.2 Å². The van der Waals surface area contributed by atoms with Gasteiger partial charge in [-0.15, -0.1) is 11.8 Å². The van der Waals surface area contributed by atoms with E-state index < -0.39 is 41.8 Å². The molecule has 1 aromatic rings. The van der Waals surface area contributed by atoms with Crippen LogP contribution in [0, 0.1) is 0 Å². The predicted molar refractivity (Wildman–Crippen MR) is 88.7 cm³/mol.